The van der Waals surface area contributed by atoms with Crippen molar-refractivity contribution in [1.29, 1.82) is 0 Å². The van der Waals surface area contributed by atoms with Gasteiger partial charge in [-0.15, -0.1) is 21.5 Å². The van der Waals surface area contributed by atoms with E-state index in [1.54, 1.807) is 23.1 Å². The molecule has 0 N–H and O–H groups in total. The molecule has 0 saturated heterocycles. The molecule has 1 saturated carbocycles. The molecule has 0 spiro atoms. The van der Waals surface area contributed by atoms with E-state index in [0.29, 0.717) is 6.04 Å². The van der Waals surface area contributed by atoms with Crippen LogP contribution >= 0.6 is 23.1 Å². The van der Waals surface area contributed by atoms with Crippen LogP contribution in [0.4, 0.5) is 0 Å². The summed E-state index contributed by atoms with van der Waals surface area (Å²) in [5, 5.41) is 11.8. The molecule has 3 nitrogen and oxygen atoms in total. The topological polar surface area (TPSA) is 30.7 Å². The van der Waals surface area contributed by atoms with Crippen LogP contribution in [-0.2, 0) is 6.42 Å². The van der Waals surface area contributed by atoms with Crippen LogP contribution in [0.15, 0.2) is 22.7 Å². The van der Waals surface area contributed by atoms with Crippen LogP contribution < -0.4 is 0 Å². The van der Waals surface area contributed by atoms with E-state index in [1.807, 2.05) is 0 Å². The Hall–Kier alpha value is -0.810. The van der Waals surface area contributed by atoms with Crippen molar-refractivity contribution < 1.29 is 0 Å². The zero-order chi connectivity index (χ0) is 11.0. The minimum absolute atomic E-state index is 0.660. The van der Waals surface area contributed by atoms with Gasteiger partial charge in [-0.2, -0.15) is 0 Å². The molecule has 2 aromatic heterocycles. The Balaban J connectivity index is 1.91. The van der Waals surface area contributed by atoms with Gasteiger partial charge in [0.15, 0.2) is 5.16 Å². The predicted octanol–water partition coefficient (Wildman–Crippen LogP) is 2.99. The summed E-state index contributed by atoms with van der Waals surface area (Å²) in [6, 6.07) is 4.91. The van der Waals surface area contributed by atoms with E-state index in [0.717, 1.165) is 17.4 Å². The zero-order valence-electron chi connectivity index (χ0n) is 9.09. The number of aromatic nitrogens is 3. The fraction of sp³-hybridized carbons (Fsp3) is 0.455. The van der Waals surface area contributed by atoms with Gasteiger partial charge in [0.2, 0.25) is 0 Å². The molecule has 0 aromatic carbocycles. The minimum Gasteiger partial charge on any atom is -0.303 e. The highest BCUT2D eigenvalue weighted by Crippen LogP contribution is 2.38. The SMILES string of the molecule is CSc1nnc(Cc2cccs2)n1C1CC1. The number of rotatable bonds is 4. The van der Waals surface area contributed by atoms with Gasteiger partial charge in [-0.25, -0.2) is 0 Å². The molecule has 1 aliphatic carbocycles. The number of thiophene rings is 1. The number of nitrogens with zero attached hydrogens (tertiary/aromatic N) is 3. The molecule has 1 fully saturated rings. The maximum atomic E-state index is 4.32. The molecule has 3 rings (SSSR count). The molecule has 0 radical (unpaired) electrons. The van der Waals surface area contributed by atoms with Gasteiger partial charge in [0.1, 0.15) is 5.82 Å². The number of thioether (sulfide) groups is 1. The van der Waals surface area contributed by atoms with Gasteiger partial charge in [-0.1, -0.05) is 17.8 Å². The fourth-order valence-electron chi connectivity index (χ4n) is 1.84. The summed E-state index contributed by atoms with van der Waals surface area (Å²) in [6.07, 6.45) is 5.55. The lowest BCUT2D eigenvalue weighted by molar-refractivity contribution is 0.635. The highest BCUT2D eigenvalue weighted by molar-refractivity contribution is 7.98. The average Bonchev–Trinajstić information content (AvgIpc) is 2.86. The lowest BCUT2D eigenvalue weighted by Crippen LogP contribution is -2.03. The van der Waals surface area contributed by atoms with Crippen LogP contribution in [0.25, 0.3) is 0 Å². The van der Waals surface area contributed by atoms with Crippen LogP contribution in [0.5, 0.6) is 0 Å². The lowest BCUT2D eigenvalue weighted by atomic mass is 10.3. The van der Waals surface area contributed by atoms with Crippen LogP contribution in [0.2, 0.25) is 0 Å². The van der Waals surface area contributed by atoms with E-state index in [1.165, 1.54) is 17.7 Å². The molecule has 0 unspecified atom stereocenters. The molecule has 0 amide bonds. The lowest BCUT2D eigenvalue weighted by Gasteiger charge is -2.06. The standard InChI is InChI=1S/C11H13N3S2/c1-15-11-13-12-10(14(11)8-4-5-8)7-9-3-2-6-16-9/h2-3,6,8H,4-5,7H2,1H3. The summed E-state index contributed by atoms with van der Waals surface area (Å²) in [5.41, 5.74) is 0. The third-order valence-electron chi connectivity index (χ3n) is 2.74. The van der Waals surface area contributed by atoms with Crippen molar-refractivity contribution in [1.82, 2.24) is 14.8 Å². The van der Waals surface area contributed by atoms with Crippen molar-refractivity contribution in [3.63, 3.8) is 0 Å². The van der Waals surface area contributed by atoms with Crippen LogP contribution in [-0.4, -0.2) is 21.0 Å². The highest BCUT2D eigenvalue weighted by Gasteiger charge is 2.29. The van der Waals surface area contributed by atoms with Crippen molar-refractivity contribution in [3.8, 4) is 0 Å². The quantitative estimate of drug-likeness (QED) is 0.783. The second-order valence-electron chi connectivity index (χ2n) is 3.96. The molecule has 84 valence electrons. The first-order valence-corrected chi connectivity index (χ1v) is 7.49. The van der Waals surface area contributed by atoms with Gasteiger partial charge in [-0.05, 0) is 30.5 Å². The zero-order valence-corrected chi connectivity index (χ0v) is 10.7. The smallest absolute Gasteiger partial charge is 0.191 e. The van der Waals surface area contributed by atoms with E-state index >= 15 is 0 Å². The molecule has 0 bridgehead atoms. The Kier molecular flexibility index (Phi) is 2.73. The van der Waals surface area contributed by atoms with Crippen LogP contribution in [0.1, 0.15) is 29.6 Å². The largest absolute Gasteiger partial charge is 0.303 e. The van der Waals surface area contributed by atoms with Crippen molar-refractivity contribution in [2.75, 3.05) is 6.26 Å². The maximum absolute atomic E-state index is 4.32. The van der Waals surface area contributed by atoms with E-state index in [2.05, 4.69) is 38.5 Å². The Bertz CT molecular complexity index is 471. The van der Waals surface area contributed by atoms with Gasteiger partial charge < -0.3 is 4.57 Å². The van der Waals surface area contributed by atoms with Crippen LogP contribution in [0.3, 0.4) is 0 Å². The highest BCUT2D eigenvalue weighted by atomic mass is 32.2. The first-order valence-electron chi connectivity index (χ1n) is 5.38. The molecule has 0 atom stereocenters. The Morgan fingerprint density at radius 2 is 2.38 bits per heavy atom. The Morgan fingerprint density at radius 1 is 1.50 bits per heavy atom. The van der Waals surface area contributed by atoms with Crippen molar-refractivity contribution >= 4 is 23.1 Å². The summed E-state index contributed by atoms with van der Waals surface area (Å²) in [7, 11) is 0. The number of hydrogen-bond donors (Lipinski definition) is 0. The van der Waals surface area contributed by atoms with E-state index < -0.39 is 0 Å². The second kappa shape index (κ2) is 4.22. The van der Waals surface area contributed by atoms with Crippen molar-refractivity contribution in [3.05, 3.63) is 28.2 Å². The third kappa shape index (κ3) is 1.89. The first kappa shape index (κ1) is 10.4. The molecule has 2 aromatic rings. The Labute approximate surface area is 103 Å². The molecule has 0 aliphatic heterocycles. The van der Waals surface area contributed by atoms with Gasteiger partial charge >= 0.3 is 0 Å². The minimum atomic E-state index is 0.660. The average molecular weight is 251 g/mol. The molecule has 1 aliphatic rings. The summed E-state index contributed by atoms with van der Waals surface area (Å²) in [5.74, 6) is 1.12. The molecular weight excluding hydrogens is 238 g/mol. The van der Waals surface area contributed by atoms with Crippen molar-refractivity contribution in [2.45, 2.75) is 30.5 Å². The van der Waals surface area contributed by atoms with Crippen LogP contribution in [0, 0.1) is 0 Å². The number of hydrogen-bond acceptors (Lipinski definition) is 4. The summed E-state index contributed by atoms with van der Waals surface area (Å²) in [6.45, 7) is 0. The van der Waals surface area contributed by atoms with E-state index in [9.17, 15) is 0 Å². The van der Waals surface area contributed by atoms with E-state index in [-0.39, 0.29) is 0 Å². The van der Waals surface area contributed by atoms with Gasteiger partial charge in [0.05, 0.1) is 0 Å². The summed E-state index contributed by atoms with van der Waals surface area (Å²) in [4.78, 5) is 1.36. The predicted molar refractivity (Wildman–Crippen MR) is 67.2 cm³/mol. The van der Waals surface area contributed by atoms with E-state index in [4.69, 9.17) is 0 Å². The van der Waals surface area contributed by atoms with Gasteiger partial charge in [-0.3, -0.25) is 0 Å². The summed E-state index contributed by atoms with van der Waals surface area (Å²) < 4.78 is 2.32. The normalized spacial score (nSPS) is 15.6. The molecule has 2 heterocycles. The third-order valence-corrected chi connectivity index (χ3v) is 4.26. The molecule has 5 heteroatoms. The van der Waals surface area contributed by atoms with Crippen molar-refractivity contribution in [2.24, 2.45) is 0 Å². The monoisotopic (exact) mass is 251 g/mol. The Morgan fingerprint density at radius 3 is 3.00 bits per heavy atom. The molecular formula is C11H13N3S2. The van der Waals surface area contributed by atoms with Gasteiger partial charge in [0, 0.05) is 17.3 Å². The molecule has 16 heavy (non-hydrogen) atoms. The first-order chi connectivity index (χ1) is 7.88. The maximum Gasteiger partial charge on any atom is 0.191 e. The summed E-state index contributed by atoms with van der Waals surface area (Å²) >= 11 is 3.48. The second-order valence-corrected chi connectivity index (χ2v) is 5.77. The fourth-order valence-corrected chi connectivity index (χ4v) is 3.11. The van der Waals surface area contributed by atoms with Gasteiger partial charge in [0.25, 0.3) is 0 Å².